The number of furan rings is 1. The lowest BCUT2D eigenvalue weighted by atomic mass is 9.95. The van der Waals surface area contributed by atoms with E-state index in [2.05, 4.69) is 26.1 Å². The number of para-hydroxylation sites is 1. The van der Waals surface area contributed by atoms with E-state index >= 15 is 0 Å². The van der Waals surface area contributed by atoms with E-state index in [0.717, 1.165) is 15.4 Å². The van der Waals surface area contributed by atoms with Gasteiger partial charge < -0.3 is 9.52 Å². The highest BCUT2D eigenvalue weighted by molar-refractivity contribution is 9.10. The topological polar surface area (TPSA) is 96.5 Å². The van der Waals surface area contributed by atoms with Crippen LogP contribution in [-0.2, 0) is 10.5 Å². The molecule has 1 atom stereocenters. The standard InChI is InChI=1S/C28H18BrN3O4S2/c29-19-11-6-10-18(13-19)23-22(24(33)21-14-17-9-4-5-12-20(17)36-21)25(34)26(35)32(23)27-30-31-28(38-27)37-15-16-7-2-1-3-8-16/h1-14,23,34H,15H2. The van der Waals surface area contributed by atoms with E-state index in [4.69, 9.17) is 4.42 Å². The van der Waals surface area contributed by atoms with Crippen LogP contribution in [0.5, 0.6) is 0 Å². The first-order valence-electron chi connectivity index (χ1n) is 11.6. The van der Waals surface area contributed by atoms with Crippen LogP contribution >= 0.6 is 39.0 Å². The molecular weight excluding hydrogens is 586 g/mol. The number of fused-ring (bicyclic) bond motifs is 1. The number of benzene rings is 3. The fraction of sp³-hybridized carbons (Fsp3) is 0.0714. The highest BCUT2D eigenvalue weighted by Crippen LogP contribution is 2.44. The van der Waals surface area contributed by atoms with Gasteiger partial charge in [0.05, 0.1) is 11.6 Å². The molecule has 0 radical (unpaired) electrons. The van der Waals surface area contributed by atoms with Crippen molar-refractivity contribution >= 4 is 66.8 Å². The molecule has 188 valence electrons. The van der Waals surface area contributed by atoms with Crippen molar-refractivity contribution in [2.75, 3.05) is 4.90 Å². The van der Waals surface area contributed by atoms with Crippen LogP contribution in [0, 0.1) is 0 Å². The highest BCUT2D eigenvalue weighted by Gasteiger charge is 2.46. The zero-order valence-corrected chi connectivity index (χ0v) is 22.8. The molecule has 0 bridgehead atoms. The Kier molecular flexibility index (Phi) is 6.61. The molecule has 1 aliphatic rings. The van der Waals surface area contributed by atoms with Crippen LogP contribution in [0.15, 0.2) is 109 Å². The van der Waals surface area contributed by atoms with Gasteiger partial charge in [-0.15, -0.1) is 10.2 Å². The maximum Gasteiger partial charge on any atom is 0.296 e. The molecule has 38 heavy (non-hydrogen) atoms. The Balaban J connectivity index is 1.38. The van der Waals surface area contributed by atoms with Gasteiger partial charge >= 0.3 is 0 Å². The van der Waals surface area contributed by atoms with Crippen LogP contribution in [0.3, 0.4) is 0 Å². The molecule has 10 heteroatoms. The lowest BCUT2D eigenvalue weighted by Gasteiger charge is -2.24. The molecule has 5 aromatic rings. The number of hydrogen-bond donors (Lipinski definition) is 1. The van der Waals surface area contributed by atoms with Gasteiger partial charge in [0.25, 0.3) is 5.91 Å². The van der Waals surface area contributed by atoms with Gasteiger partial charge in [0.2, 0.25) is 10.9 Å². The number of carbonyl (C=O) groups excluding carboxylic acids is 2. The quantitative estimate of drug-likeness (QED) is 0.120. The summed E-state index contributed by atoms with van der Waals surface area (Å²) in [5.41, 5.74) is 2.24. The first kappa shape index (κ1) is 24.6. The third kappa shape index (κ3) is 4.55. The van der Waals surface area contributed by atoms with Crippen molar-refractivity contribution in [3.8, 4) is 0 Å². The maximum absolute atomic E-state index is 13.7. The van der Waals surface area contributed by atoms with Gasteiger partial charge in [-0.05, 0) is 35.4 Å². The number of ketones is 1. The second-order valence-electron chi connectivity index (χ2n) is 8.50. The van der Waals surface area contributed by atoms with Crippen molar-refractivity contribution in [3.05, 3.63) is 118 Å². The van der Waals surface area contributed by atoms with Crippen molar-refractivity contribution < 1.29 is 19.1 Å². The van der Waals surface area contributed by atoms with E-state index in [1.54, 1.807) is 18.2 Å². The van der Waals surface area contributed by atoms with E-state index in [9.17, 15) is 14.7 Å². The average molecular weight is 605 g/mol. The zero-order valence-electron chi connectivity index (χ0n) is 19.6. The largest absolute Gasteiger partial charge is 0.503 e. The van der Waals surface area contributed by atoms with Crippen LogP contribution in [-0.4, -0.2) is 27.0 Å². The maximum atomic E-state index is 13.7. The van der Waals surface area contributed by atoms with Crippen LogP contribution in [0.25, 0.3) is 11.0 Å². The number of halogens is 1. The first-order valence-corrected chi connectivity index (χ1v) is 14.1. The van der Waals surface area contributed by atoms with Crippen molar-refractivity contribution in [3.63, 3.8) is 0 Å². The molecule has 6 rings (SSSR count). The predicted octanol–water partition coefficient (Wildman–Crippen LogP) is 7.12. The molecule has 0 spiro atoms. The first-order chi connectivity index (χ1) is 18.5. The lowest BCUT2D eigenvalue weighted by molar-refractivity contribution is -0.117. The Labute approximate surface area is 233 Å². The number of aromatic nitrogens is 2. The minimum atomic E-state index is -0.916. The molecule has 3 heterocycles. The SMILES string of the molecule is O=C(C1=C(O)C(=O)N(c2nnc(SCc3ccccc3)s2)C1c1cccc(Br)c1)c1cc2ccccc2o1. The molecule has 0 saturated heterocycles. The van der Waals surface area contributed by atoms with Gasteiger partial charge in [0.1, 0.15) is 5.58 Å². The molecule has 0 aliphatic carbocycles. The Bertz CT molecular complexity index is 1680. The molecule has 0 fully saturated rings. The lowest BCUT2D eigenvalue weighted by Crippen LogP contribution is -2.31. The number of hydrogen-bond acceptors (Lipinski definition) is 8. The molecule has 0 saturated carbocycles. The second-order valence-corrected chi connectivity index (χ2v) is 11.6. The third-order valence-electron chi connectivity index (χ3n) is 6.07. The number of aliphatic hydroxyl groups excluding tert-OH is 1. The van der Waals surface area contributed by atoms with Crippen LogP contribution in [0.4, 0.5) is 5.13 Å². The van der Waals surface area contributed by atoms with E-state index in [-0.39, 0.29) is 16.5 Å². The monoisotopic (exact) mass is 603 g/mol. The number of Topliss-reactive ketones (excluding diaryl/α,β-unsaturated/α-hetero) is 1. The molecule has 2 aromatic heterocycles. The predicted molar refractivity (Wildman–Crippen MR) is 150 cm³/mol. The summed E-state index contributed by atoms with van der Waals surface area (Å²) in [6, 6.07) is 25.2. The van der Waals surface area contributed by atoms with E-state index in [1.165, 1.54) is 28.0 Å². The van der Waals surface area contributed by atoms with Crippen molar-refractivity contribution in [1.29, 1.82) is 0 Å². The summed E-state index contributed by atoms with van der Waals surface area (Å²) >= 11 is 6.21. The molecule has 7 nitrogen and oxygen atoms in total. The van der Waals surface area contributed by atoms with Gasteiger partial charge in [0.15, 0.2) is 15.9 Å². The number of nitrogens with zero attached hydrogens (tertiary/aromatic N) is 3. The van der Waals surface area contributed by atoms with Crippen LogP contribution < -0.4 is 4.90 Å². The van der Waals surface area contributed by atoms with E-state index < -0.39 is 23.5 Å². The number of carbonyl (C=O) groups is 2. The molecular formula is C28H18BrN3O4S2. The number of rotatable bonds is 7. The summed E-state index contributed by atoms with van der Waals surface area (Å²) in [5, 5.41) is 20.6. The summed E-state index contributed by atoms with van der Waals surface area (Å²) in [7, 11) is 0. The zero-order chi connectivity index (χ0) is 26.2. The van der Waals surface area contributed by atoms with Gasteiger partial charge in [0, 0.05) is 15.6 Å². The Morgan fingerprint density at radius 2 is 1.82 bits per heavy atom. The summed E-state index contributed by atoms with van der Waals surface area (Å²) in [4.78, 5) is 28.5. The van der Waals surface area contributed by atoms with Crippen molar-refractivity contribution in [2.24, 2.45) is 0 Å². The van der Waals surface area contributed by atoms with Gasteiger partial charge in [-0.25, -0.2) is 0 Å². The summed E-state index contributed by atoms with van der Waals surface area (Å²) in [5.74, 6) is -1.18. The average Bonchev–Trinajstić information content (AvgIpc) is 3.64. The molecule has 3 aromatic carbocycles. The minimum Gasteiger partial charge on any atom is -0.503 e. The Hall–Kier alpha value is -3.73. The summed E-state index contributed by atoms with van der Waals surface area (Å²) in [6.07, 6.45) is 0. The third-order valence-corrected chi connectivity index (χ3v) is 8.69. The summed E-state index contributed by atoms with van der Waals surface area (Å²) in [6.45, 7) is 0. The molecule has 1 N–H and O–H groups in total. The van der Waals surface area contributed by atoms with Crippen molar-refractivity contribution in [1.82, 2.24) is 10.2 Å². The molecule has 1 aliphatic heterocycles. The number of amides is 1. The second kappa shape index (κ2) is 10.2. The number of thioether (sulfide) groups is 1. The fourth-order valence-electron chi connectivity index (χ4n) is 4.33. The van der Waals surface area contributed by atoms with Crippen LogP contribution in [0.1, 0.15) is 27.7 Å². The smallest absolute Gasteiger partial charge is 0.296 e. The van der Waals surface area contributed by atoms with Gasteiger partial charge in [-0.3, -0.25) is 14.5 Å². The van der Waals surface area contributed by atoms with E-state index in [1.807, 2.05) is 66.7 Å². The Morgan fingerprint density at radius 3 is 2.61 bits per heavy atom. The highest BCUT2D eigenvalue weighted by atomic mass is 79.9. The van der Waals surface area contributed by atoms with Gasteiger partial charge in [-0.2, -0.15) is 0 Å². The number of aliphatic hydroxyl groups is 1. The summed E-state index contributed by atoms with van der Waals surface area (Å²) < 4.78 is 7.22. The Morgan fingerprint density at radius 1 is 1.03 bits per heavy atom. The van der Waals surface area contributed by atoms with Crippen LogP contribution in [0.2, 0.25) is 0 Å². The fourth-order valence-corrected chi connectivity index (χ4v) is 6.57. The molecule has 1 unspecified atom stereocenters. The van der Waals surface area contributed by atoms with Gasteiger partial charge in [-0.1, -0.05) is 99.7 Å². The minimum absolute atomic E-state index is 0.0405. The van der Waals surface area contributed by atoms with E-state index in [0.29, 0.717) is 21.2 Å². The number of anilines is 1. The van der Waals surface area contributed by atoms with Crippen molar-refractivity contribution in [2.45, 2.75) is 16.1 Å². The molecule has 1 amide bonds. The normalized spacial score (nSPS) is 15.6.